The quantitative estimate of drug-likeness (QED) is 0.148. The highest BCUT2D eigenvalue weighted by atomic mass is 15.1. The molecular weight excluding hydrogens is 773 g/mol. The number of hydrogen-bond acceptors (Lipinski definition) is 1. The van der Waals surface area contributed by atoms with E-state index < -0.39 is 0 Å². The molecule has 0 aliphatic heterocycles. The monoisotopic (exact) mass is 814 g/mol. The van der Waals surface area contributed by atoms with E-state index in [0.717, 1.165) is 39.4 Å². The maximum atomic E-state index is 2.46. The van der Waals surface area contributed by atoms with Crippen LogP contribution in [0.1, 0.15) is 0 Å². The zero-order valence-corrected chi connectivity index (χ0v) is 35.1. The lowest BCUT2D eigenvalue weighted by molar-refractivity contribution is 1.18. The molecule has 0 radical (unpaired) electrons. The molecule has 1 aromatic heterocycles. The van der Waals surface area contributed by atoms with Crippen LogP contribution in [0.15, 0.2) is 255 Å². The van der Waals surface area contributed by atoms with E-state index in [-0.39, 0.29) is 0 Å². The number of aromatic nitrogens is 1. The zero-order valence-electron chi connectivity index (χ0n) is 35.1. The zero-order chi connectivity index (χ0) is 42.4. The molecule has 0 atom stereocenters. The van der Waals surface area contributed by atoms with E-state index in [0.29, 0.717) is 0 Å². The minimum absolute atomic E-state index is 1.08. The molecule has 1 heterocycles. The highest BCUT2D eigenvalue weighted by Crippen LogP contribution is 2.47. The summed E-state index contributed by atoms with van der Waals surface area (Å²) in [6.07, 6.45) is 0. The van der Waals surface area contributed by atoms with E-state index in [9.17, 15) is 0 Å². The van der Waals surface area contributed by atoms with Gasteiger partial charge in [-0.3, -0.25) is 0 Å². The van der Waals surface area contributed by atoms with E-state index in [1.807, 2.05) is 0 Å². The van der Waals surface area contributed by atoms with E-state index in [1.165, 1.54) is 71.2 Å². The van der Waals surface area contributed by atoms with Crippen LogP contribution < -0.4 is 4.90 Å². The number of hydrogen-bond donors (Lipinski definition) is 0. The van der Waals surface area contributed by atoms with Crippen LogP contribution in [0.25, 0.3) is 93.5 Å². The molecule has 2 heteroatoms. The number of fused-ring (bicyclic) bond motifs is 5. The standard InChI is InChI=1S/C62H42N2/c1-2-18-45(19-3-1)55-40-37-49(42-62(55)64-60-31-14-10-26-56(60)57-27-11-15-32-61(57)64)54-25-9-13-30-59(54)63(50-38-35-46(36-39-50)52-28-16-22-44-20-6-7-23-51(44)52)58-29-12-8-24-53(58)48-34-33-43-17-4-5-21-47(43)41-48/h1-42H. The Labute approximate surface area is 373 Å². The number of benzene rings is 11. The lowest BCUT2D eigenvalue weighted by Crippen LogP contribution is -2.12. The molecule has 0 aliphatic rings. The van der Waals surface area contributed by atoms with E-state index >= 15 is 0 Å². The average molecular weight is 815 g/mol. The Morgan fingerprint density at radius 2 is 0.750 bits per heavy atom. The van der Waals surface area contributed by atoms with Gasteiger partial charge in [-0.2, -0.15) is 0 Å². The molecular formula is C62H42N2. The van der Waals surface area contributed by atoms with E-state index in [1.54, 1.807) is 0 Å². The van der Waals surface area contributed by atoms with Crippen LogP contribution in [0.5, 0.6) is 0 Å². The fourth-order valence-corrected chi connectivity index (χ4v) is 9.79. The van der Waals surface area contributed by atoms with Crippen molar-refractivity contribution >= 4 is 60.4 Å². The fraction of sp³-hybridized carbons (Fsp3) is 0. The van der Waals surface area contributed by atoms with Gasteiger partial charge < -0.3 is 9.47 Å². The third-order valence-corrected chi connectivity index (χ3v) is 12.8. The smallest absolute Gasteiger partial charge is 0.0546 e. The topological polar surface area (TPSA) is 8.17 Å². The van der Waals surface area contributed by atoms with Gasteiger partial charge >= 0.3 is 0 Å². The summed E-state index contributed by atoms with van der Waals surface area (Å²) < 4.78 is 2.46. The largest absolute Gasteiger partial charge is 0.309 e. The third kappa shape index (κ3) is 6.44. The first-order valence-corrected chi connectivity index (χ1v) is 22.0. The van der Waals surface area contributed by atoms with Crippen LogP contribution in [-0.4, -0.2) is 4.57 Å². The molecule has 0 bridgehead atoms. The molecule has 0 saturated carbocycles. The molecule has 0 saturated heterocycles. The fourth-order valence-electron chi connectivity index (χ4n) is 9.79. The van der Waals surface area contributed by atoms with Crippen molar-refractivity contribution in [1.29, 1.82) is 0 Å². The summed E-state index contributed by atoms with van der Waals surface area (Å²) in [4.78, 5) is 2.46. The molecule has 0 unspecified atom stereocenters. The van der Waals surface area contributed by atoms with Crippen LogP contribution in [-0.2, 0) is 0 Å². The normalized spacial score (nSPS) is 11.4. The summed E-state index contributed by atoms with van der Waals surface area (Å²) in [6, 6.07) is 92.9. The molecule has 12 aromatic rings. The van der Waals surface area contributed by atoms with E-state index in [4.69, 9.17) is 0 Å². The molecule has 64 heavy (non-hydrogen) atoms. The van der Waals surface area contributed by atoms with Gasteiger partial charge in [0.25, 0.3) is 0 Å². The predicted octanol–water partition coefficient (Wildman–Crippen LogP) is 17.2. The molecule has 0 spiro atoms. The lowest BCUT2D eigenvalue weighted by atomic mass is 9.95. The summed E-state index contributed by atoms with van der Waals surface area (Å²) in [7, 11) is 0. The molecule has 0 N–H and O–H groups in total. The van der Waals surface area contributed by atoms with Gasteiger partial charge in [-0.05, 0) is 97.9 Å². The molecule has 0 aliphatic carbocycles. The van der Waals surface area contributed by atoms with Gasteiger partial charge in [-0.25, -0.2) is 0 Å². The summed E-state index contributed by atoms with van der Waals surface area (Å²) in [6.45, 7) is 0. The Morgan fingerprint density at radius 1 is 0.266 bits per heavy atom. The molecule has 0 fully saturated rings. The predicted molar refractivity (Wildman–Crippen MR) is 272 cm³/mol. The Morgan fingerprint density at radius 3 is 1.45 bits per heavy atom. The van der Waals surface area contributed by atoms with Gasteiger partial charge in [-0.1, -0.05) is 206 Å². The number of rotatable bonds is 8. The van der Waals surface area contributed by atoms with Crippen LogP contribution in [0.2, 0.25) is 0 Å². The Bertz CT molecular complexity index is 3610. The highest BCUT2D eigenvalue weighted by molar-refractivity contribution is 6.10. The van der Waals surface area contributed by atoms with Crippen molar-refractivity contribution < 1.29 is 0 Å². The summed E-state index contributed by atoms with van der Waals surface area (Å²) in [5.41, 5.74) is 16.1. The van der Waals surface area contributed by atoms with E-state index in [2.05, 4.69) is 264 Å². The first-order valence-electron chi connectivity index (χ1n) is 22.0. The van der Waals surface area contributed by atoms with Gasteiger partial charge in [0, 0.05) is 33.2 Å². The Kier molecular flexibility index (Phi) is 9.20. The minimum atomic E-state index is 1.08. The Hall–Kier alpha value is -8.46. The summed E-state index contributed by atoms with van der Waals surface area (Å²) >= 11 is 0. The maximum absolute atomic E-state index is 2.46. The van der Waals surface area contributed by atoms with Crippen LogP contribution >= 0.6 is 0 Å². The summed E-state index contributed by atoms with van der Waals surface area (Å²) in [5, 5.41) is 7.42. The van der Waals surface area contributed by atoms with Crippen molar-refractivity contribution in [1.82, 2.24) is 4.57 Å². The molecule has 300 valence electrons. The van der Waals surface area contributed by atoms with Crippen molar-refractivity contribution in [3.05, 3.63) is 255 Å². The van der Waals surface area contributed by atoms with Crippen molar-refractivity contribution in [2.24, 2.45) is 0 Å². The number of anilines is 3. The van der Waals surface area contributed by atoms with Gasteiger partial charge in [0.1, 0.15) is 0 Å². The lowest BCUT2D eigenvalue weighted by Gasteiger charge is -2.30. The second kappa shape index (κ2) is 15.8. The van der Waals surface area contributed by atoms with Crippen LogP contribution in [0.3, 0.4) is 0 Å². The van der Waals surface area contributed by atoms with Gasteiger partial charge in [0.05, 0.1) is 28.1 Å². The SMILES string of the molecule is c1ccc(-c2ccc(-c3ccccc3N(c3ccc(-c4cccc5ccccc45)cc3)c3ccccc3-c3ccc4ccccc4c3)cc2-n2c3ccccc3c3ccccc32)cc1. The second-order valence-electron chi connectivity index (χ2n) is 16.5. The number of nitrogens with zero attached hydrogens (tertiary/aromatic N) is 2. The first kappa shape index (κ1) is 37.3. The third-order valence-electron chi connectivity index (χ3n) is 12.8. The van der Waals surface area contributed by atoms with Crippen LogP contribution in [0, 0.1) is 0 Å². The molecule has 12 rings (SSSR count). The average Bonchev–Trinajstić information content (AvgIpc) is 3.71. The number of para-hydroxylation sites is 4. The molecule has 0 amide bonds. The highest BCUT2D eigenvalue weighted by Gasteiger charge is 2.23. The maximum Gasteiger partial charge on any atom is 0.0546 e. The van der Waals surface area contributed by atoms with Gasteiger partial charge in [0.2, 0.25) is 0 Å². The second-order valence-corrected chi connectivity index (χ2v) is 16.5. The van der Waals surface area contributed by atoms with Crippen molar-refractivity contribution in [2.45, 2.75) is 0 Å². The molecule has 2 nitrogen and oxygen atoms in total. The van der Waals surface area contributed by atoms with Gasteiger partial charge in [0.15, 0.2) is 0 Å². The van der Waals surface area contributed by atoms with Gasteiger partial charge in [-0.15, -0.1) is 0 Å². The van der Waals surface area contributed by atoms with Crippen molar-refractivity contribution in [3.63, 3.8) is 0 Å². The summed E-state index contributed by atoms with van der Waals surface area (Å²) in [5.74, 6) is 0. The van der Waals surface area contributed by atoms with Crippen molar-refractivity contribution in [2.75, 3.05) is 4.90 Å². The van der Waals surface area contributed by atoms with Crippen LogP contribution in [0.4, 0.5) is 17.1 Å². The first-order chi connectivity index (χ1) is 31.8. The molecule has 11 aromatic carbocycles. The van der Waals surface area contributed by atoms with Crippen molar-refractivity contribution in [3.8, 4) is 50.2 Å². The Balaban J connectivity index is 1.08. The minimum Gasteiger partial charge on any atom is -0.309 e.